The first-order valence-electron chi connectivity index (χ1n) is 19.9. The standard InChI is InChI=1S/C56H38N2/c1-2-15-39(16-3-1)43-20-12-22-46(37-43)57(47-23-13-21-44(38-47)49-28-14-19-40-17-4-6-24-48(40)49)45-34-31-42(32-35-45)56-50-25-7-5-18-41(50)33-36-55(56)58-53-29-10-8-26-51(53)52-27-9-11-30-54(52)58/h1-38H. The van der Waals surface area contributed by atoms with Crippen LogP contribution in [0.25, 0.3) is 82.4 Å². The van der Waals surface area contributed by atoms with Crippen molar-refractivity contribution in [2.75, 3.05) is 4.90 Å². The number of hydrogen-bond acceptors (Lipinski definition) is 1. The lowest BCUT2D eigenvalue weighted by atomic mass is 9.95. The molecule has 0 bridgehead atoms. The molecule has 1 aromatic heterocycles. The van der Waals surface area contributed by atoms with Crippen LogP contribution >= 0.6 is 0 Å². The quantitative estimate of drug-likeness (QED) is 0.158. The van der Waals surface area contributed by atoms with Crippen LogP contribution in [0.15, 0.2) is 231 Å². The van der Waals surface area contributed by atoms with E-state index < -0.39 is 0 Å². The minimum atomic E-state index is 1.09. The van der Waals surface area contributed by atoms with E-state index in [0.717, 1.165) is 17.1 Å². The van der Waals surface area contributed by atoms with Gasteiger partial charge in [0.2, 0.25) is 0 Å². The Bertz CT molecular complexity index is 3220. The van der Waals surface area contributed by atoms with E-state index in [1.807, 2.05) is 0 Å². The molecule has 11 aromatic rings. The minimum absolute atomic E-state index is 1.09. The molecule has 2 heteroatoms. The number of aromatic nitrogens is 1. The van der Waals surface area contributed by atoms with Gasteiger partial charge in [0.05, 0.1) is 16.7 Å². The molecule has 272 valence electrons. The van der Waals surface area contributed by atoms with E-state index in [1.54, 1.807) is 0 Å². The van der Waals surface area contributed by atoms with Gasteiger partial charge in [-0.15, -0.1) is 0 Å². The molecule has 0 unspecified atom stereocenters. The average Bonchev–Trinajstić information content (AvgIpc) is 3.63. The number of para-hydroxylation sites is 2. The zero-order valence-corrected chi connectivity index (χ0v) is 31.8. The van der Waals surface area contributed by atoms with Gasteiger partial charge in [-0.2, -0.15) is 0 Å². The molecular formula is C56H38N2. The Morgan fingerprint density at radius 2 is 0.810 bits per heavy atom. The number of rotatable bonds is 7. The van der Waals surface area contributed by atoms with Gasteiger partial charge < -0.3 is 9.47 Å². The van der Waals surface area contributed by atoms with E-state index in [0.29, 0.717) is 0 Å². The molecule has 0 aliphatic heterocycles. The van der Waals surface area contributed by atoms with Crippen molar-refractivity contribution in [3.63, 3.8) is 0 Å². The fraction of sp³-hybridized carbons (Fsp3) is 0. The normalized spacial score (nSPS) is 11.4. The summed E-state index contributed by atoms with van der Waals surface area (Å²) in [6.07, 6.45) is 0. The molecule has 0 aliphatic rings. The highest BCUT2D eigenvalue weighted by Gasteiger charge is 2.20. The van der Waals surface area contributed by atoms with Crippen LogP contribution in [-0.2, 0) is 0 Å². The van der Waals surface area contributed by atoms with E-state index in [-0.39, 0.29) is 0 Å². The molecule has 0 saturated heterocycles. The largest absolute Gasteiger partial charge is 0.310 e. The van der Waals surface area contributed by atoms with Crippen molar-refractivity contribution >= 4 is 60.4 Å². The summed E-state index contributed by atoms with van der Waals surface area (Å²) < 4.78 is 2.44. The molecule has 58 heavy (non-hydrogen) atoms. The summed E-state index contributed by atoms with van der Waals surface area (Å²) in [5.41, 5.74) is 14.0. The van der Waals surface area contributed by atoms with Crippen LogP contribution in [0.1, 0.15) is 0 Å². The minimum Gasteiger partial charge on any atom is -0.310 e. The Kier molecular flexibility index (Phi) is 8.19. The molecule has 0 aliphatic carbocycles. The summed E-state index contributed by atoms with van der Waals surface area (Å²) in [6, 6.07) is 83.7. The molecule has 0 N–H and O–H groups in total. The molecule has 2 nitrogen and oxygen atoms in total. The molecule has 0 amide bonds. The molecule has 0 spiro atoms. The van der Waals surface area contributed by atoms with Crippen molar-refractivity contribution in [3.05, 3.63) is 231 Å². The summed E-state index contributed by atoms with van der Waals surface area (Å²) in [4.78, 5) is 2.39. The van der Waals surface area contributed by atoms with Crippen molar-refractivity contribution in [2.45, 2.75) is 0 Å². The van der Waals surface area contributed by atoms with E-state index >= 15 is 0 Å². The number of fused-ring (bicyclic) bond motifs is 5. The second-order valence-corrected chi connectivity index (χ2v) is 14.9. The van der Waals surface area contributed by atoms with Gasteiger partial charge in [-0.05, 0) is 104 Å². The van der Waals surface area contributed by atoms with Gasteiger partial charge >= 0.3 is 0 Å². The Morgan fingerprint density at radius 1 is 0.293 bits per heavy atom. The first-order valence-corrected chi connectivity index (χ1v) is 19.9. The van der Waals surface area contributed by atoms with Crippen LogP contribution in [0, 0.1) is 0 Å². The molecule has 0 saturated carbocycles. The molecule has 1 heterocycles. The third-order valence-corrected chi connectivity index (χ3v) is 11.6. The number of hydrogen-bond donors (Lipinski definition) is 0. The smallest absolute Gasteiger partial charge is 0.0547 e. The van der Waals surface area contributed by atoms with Crippen molar-refractivity contribution in [3.8, 4) is 39.1 Å². The third kappa shape index (κ3) is 5.74. The van der Waals surface area contributed by atoms with Crippen LogP contribution in [0.3, 0.4) is 0 Å². The lowest BCUT2D eigenvalue weighted by molar-refractivity contribution is 1.19. The van der Waals surface area contributed by atoms with Crippen LogP contribution < -0.4 is 4.90 Å². The highest BCUT2D eigenvalue weighted by Crippen LogP contribution is 2.43. The van der Waals surface area contributed by atoms with Crippen LogP contribution in [0.2, 0.25) is 0 Å². The van der Waals surface area contributed by atoms with Gasteiger partial charge in [0.1, 0.15) is 0 Å². The molecular weight excluding hydrogens is 701 g/mol. The molecule has 11 rings (SSSR count). The van der Waals surface area contributed by atoms with E-state index in [4.69, 9.17) is 0 Å². The SMILES string of the molecule is c1ccc(-c2cccc(N(c3ccc(-c4c(-n5c6ccccc6c6ccccc65)ccc5ccccc45)cc3)c3cccc(-c4cccc5ccccc45)c3)c2)cc1. The first-order chi connectivity index (χ1) is 28.8. The Labute approximate surface area is 338 Å². The van der Waals surface area contributed by atoms with E-state index in [2.05, 4.69) is 240 Å². The third-order valence-electron chi connectivity index (χ3n) is 11.6. The van der Waals surface area contributed by atoms with Crippen LogP contribution in [-0.4, -0.2) is 4.57 Å². The maximum atomic E-state index is 2.44. The van der Waals surface area contributed by atoms with Crippen molar-refractivity contribution in [1.82, 2.24) is 4.57 Å². The monoisotopic (exact) mass is 738 g/mol. The molecule has 0 atom stereocenters. The van der Waals surface area contributed by atoms with Crippen LogP contribution in [0.5, 0.6) is 0 Å². The van der Waals surface area contributed by atoms with Crippen molar-refractivity contribution in [2.24, 2.45) is 0 Å². The summed E-state index contributed by atoms with van der Waals surface area (Å²) in [6.45, 7) is 0. The number of nitrogens with zero attached hydrogens (tertiary/aromatic N) is 2. The van der Waals surface area contributed by atoms with Crippen molar-refractivity contribution in [1.29, 1.82) is 0 Å². The van der Waals surface area contributed by atoms with Crippen LogP contribution in [0.4, 0.5) is 17.1 Å². The van der Waals surface area contributed by atoms with E-state index in [9.17, 15) is 0 Å². The maximum Gasteiger partial charge on any atom is 0.0547 e. The number of benzene rings is 10. The lowest BCUT2D eigenvalue weighted by Crippen LogP contribution is -2.10. The van der Waals surface area contributed by atoms with Gasteiger partial charge in [0.15, 0.2) is 0 Å². The number of anilines is 3. The highest BCUT2D eigenvalue weighted by molar-refractivity contribution is 6.11. The second kappa shape index (κ2) is 14.1. The second-order valence-electron chi connectivity index (χ2n) is 14.9. The van der Waals surface area contributed by atoms with Crippen molar-refractivity contribution < 1.29 is 0 Å². The summed E-state index contributed by atoms with van der Waals surface area (Å²) in [7, 11) is 0. The fourth-order valence-electron chi connectivity index (χ4n) is 8.90. The van der Waals surface area contributed by atoms with Gasteiger partial charge in [-0.1, -0.05) is 176 Å². The summed E-state index contributed by atoms with van der Waals surface area (Å²) >= 11 is 0. The van der Waals surface area contributed by atoms with E-state index in [1.165, 1.54) is 82.4 Å². The molecule has 0 fully saturated rings. The average molecular weight is 739 g/mol. The maximum absolute atomic E-state index is 2.44. The topological polar surface area (TPSA) is 8.17 Å². The zero-order valence-electron chi connectivity index (χ0n) is 31.8. The first kappa shape index (κ1) is 33.6. The molecule has 0 radical (unpaired) electrons. The van der Waals surface area contributed by atoms with Gasteiger partial charge in [-0.3, -0.25) is 0 Å². The fourth-order valence-corrected chi connectivity index (χ4v) is 8.90. The lowest BCUT2D eigenvalue weighted by Gasteiger charge is -2.27. The molecule has 10 aromatic carbocycles. The summed E-state index contributed by atoms with van der Waals surface area (Å²) in [5.74, 6) is 0. The zero-order chi connectivity index (χ0) is 38.4. The Morgan fingerprint density at radius 3 is 1.52 bits per heavy atom. The van der Waals surface area contributed by atoms with Gasteiger partial charge in [-0.25, -0.2) is 0 Å². The Balaban J connectivity index is 1.09. The highest BCUT2D eigenvalue weighted by atomic mass is 15.1. The predicted molar refractivity (Wildman–Crippen MR) is 247 cm³/mol. The summed E-state index contributed by atoms with van der Waals surface area (Å²) in [5, 5.41) is 7.44. The predicted octanol–water partition coefficient (Wildman–Crippen LogP) is 15.6. The van der Waals surface area contributed by atoms with Gasteiger partial charge in [0.25, 0.3) is 0 Å². The Hall–Kier alpha value is -7.68. The van der Waals surface area contributed by atoms with Gasteiger partial charge in [0, 0.05) is 33.4 Å².